The predicted molar refractivity (Wildman–Crippen MR) is 85.9 cm³/mol. The third-order valence-electron chi connectivity index (χ3n) is 3.91. The highest BCUT2D eigenvalue weighted by molar-refractivity contribution is 6.35. The number of aromatic nitrogens is 1. The van der Waals surface area contributed by atoms with Crippen molar-refractivity contribution in [3.05, 3.63) is 65.7 Å². The Balaban J connectivity index is 1.86. The molecule has 0 bridgehead atoms. The lowest BCUT2D eigenvalue weighted by Gasteiger charge is -2.13. The van der Waals surface area contributed by atoms with Crippen molar-refractivity contribution in [2.45, 2.75) is 0 Å². The minimum absolute atomic E-state index is 0.287. The summed E-state index contributed by atoms with van der Waals surface area (Å²) in [7, 11) is 1.48. The van der Waals surface area contributed by atoms with Crippen LogP contribution < -0.4 is 9.64 Å². The van der Waals surface area contributed by atoms with Crippen LogP contribution in [-0.2, 0) is 0 Å². The lowest BCUT2D eigenvalue weighted by molar-refractivity contribution is 0.0924. The van der Waals surface area contributed by atoms with E-state index < -0.39 is 5.91 Å². The highest BCUT2D eigenvalue weighted by Gasteiger charge is 2.39. The maximum Gasteiger partial charge on any atom is 0.271 e. The van der Waals surface area contributed by atoms with Gasteiger partial charge in [0.1, 0.15) is 11.6 Å². The summed E-state index contributed by atoms with van der Waals surface area (Å²) >= 11 is 0. The third kappa shape index (κ3) is 1.90. The fraction of sp³-hybridized carbons (Fsp3) is 0.0556. The molecule has 0 saturated carbocycles. The SMILES string of the molecule is COc1cccc2c1C(=O)N(c1ccc3ccccc3n1)C2=O. The lowest BCUT2D eigenvalue weighted by atomic mass is 10.1. The van der Waals surface area contributed by atoms with E-state index in [1.807, 2.05) is 30.3 Å². The summed E-state index contributed by atoms with van der Waals surface area (Å²) in [5.74, 6) is -0.0852. The molecule has 112 valence electrons. The molecule has 1 aliphatic heterocycles. The first-order valence-electron chi connectivity index (χ1n) is 7.12. The number of methoxy groups -OCH3 is 1. The monoisotopic (exact) mass is 304 g/mol. The zero-order valence-electron chi connectivity index (χ0n) is 12.3. The maximum atomic E-state index is 12.7. The second-order valence-electron chi connectivity index (χ2n) is 5.19. The molecule has 2 aromatic carbocycles. The summed E-state index contributed by atoms with van der Waals surface area (Å²) in [5, 5.41) is 0.949. The molecule has 0 atom stereocenters. The van der Waals surface area contributed by atoms with Gasteiger partial charge in [0.15, 0.2) is 0 Å². The molecule has 23 heavy (non-hydrogen) atoms. The Morgan fingerprint density at radius 2 is 1.74 bits per heavy atom. The normalized spacial score (nSPS) is 13.5. The molecule has 5 heteroatoms. The zero-order chi connectivity index (χ0) is 16.0. The first kappa shape index (κ1) is 13.5. The second-order valence-corrected chi connectivity index (χ2v) is 5.19. The van der Waals surface area contributed by atoms with Crippen LogP contribution in [0, 0.1) is 0 Å². The van der Waals surface area contributed by atoms with Gasteiger partial charge in [-0.05, 0) is 30.3 Å². The van der Waals surface area contributed by atoms with E-state index in [9.17, 15) is 9.59 Å². The molecule has 1 aliphatic rings. The number of rotatable bonds is 2. The minimum Gasteiger partial charge on any atom is -0.496 e. The Labute approximate surface area is 132 Å². The fourth-order valence-corrected chi connectivity index (χ4v) is 2.81. The van der Waals surface area contributed by atoms with E-state index in [0.29, 0.717) is 17.1 Å². The van der Waals surface area contributed by atoms with Crippen molar-refractivity contribution in [2.75, 3.05) is 12.0 Å². The quantitative estimate of drug-likeness (QED) is 0.683. The van der Waals surface area contributed by atoms with Gasteiger partial charge in [-0.15, -0.1) is 0 Å². The van der Waals surface area contributed by atoms with Crippen molar-refractivity contribution in [1.29, 1.82) is 0 Å². The number of nitrogens with zero attached hydrogens (tertiary/aromatic N) is 2. The average molecular weight is 304 g/mol. The molecular formula is C18H12N2O3. The summed E-state index contributed by atoms with van der Waals surface area (Å²) in [5.41, 5.74) is 1.35. The van der Waals surface area contributed by atoms with Gasteiger partial charge >= 0.3 is 0 Å². The number of pyridine rings is 1. The number of hydrogen-bond acceptors (Lipinski definition) is 4. The Kier molecular flexibility index (Phi) is 2.87. The van der Waals surface area contributed by atoms with Gasteiger partial charge in [0.25, 0.3) is 11.8 Å². The van der Waals surface area contributed by atoms with E-state index >= 15 is 0 Å². The van der Waals surface area contributed by atoms with Gasteiger partial charge in [-0.1, -0.05) is 24.3 Å². The molecule has 5 nitrogen and oxygen atoms in total. The number of hydrogen-bond donors (Lipinski definition) is 0. The van der Waals surface area contributed by atoms with Crippen molar-refractivity contribution < 1.29 is 14.3 Å². The molecule has 3 aromatic rings. The molecule has 1 aromatic heterocycles. The van der Waals surface area contributed by atoms with Gasteiger partial charge in [0.05, 0.1) is 23.8 Å². The van der Waals surface area contributed by atoms with Gasteiger partial charge < -0.3 is 4.74 Å². The van der Waals surface area contributed by atoms with Crippen LogP contribution in [-0.4, -0.2) is 23.9 Å². The van der Waals surface area contributed by atoms with Crippen LogP contribution in [0.25, 0.3) is 10.9 Å². The molecule has 4 rings (SSSR count). The van der Waals surface area contributed by atoms with Crippen LogP contribution >= 0.6 is 0 Å². The summed E-state index contributed by atoms with van der Waals surface area (Å²) in [6.45, 7) is 0. The molecule has 0 radical (unpaired) electrons. The Morgan fingerprint density at radius 3 is 2.57 bits per heavy atom. The van der Waals surface area contributed by atoms with E-state index in [1.165, 1.54) is 7.11 Å². The molecule has 0 spiro atoms. The van der Waals surface area contributed by atoms with Crippen molar-refractivity contribution in [3.8, 4) is 5.75 Å². The number of ether oxygens (including phenoxy) is 1. The van der Waals surface area contributed by atoms with Crippen LogP contribution in [0.2, 0.25) is 0 Å². The molecule has 0 saturated heterocycles. The smallest absolute Gasteiger partial charge is 0.271 e. The highest BCUT2D eigenvalue weighted by atomic mass is 16.5. The average Bonchev–Trinajstić information content (AvgIpc) is 2.85. The van der Waals surface area contributed by atoms with E-state index in [4.69, 9.17) is 4.74 Å². The van der Waals surface area contributed by atoms with Crippen molar-refractivity contribution >= 4 is 28.5 Å². The van der Waals surface area contributed by atoms with E-state index in [0.717, 1.165) is 15.8 Å². The molecular weight excluding hydrogens is 292 g/mol. The number of imide groups is 1. The van der Waals surface area contributed by atoms with Gasteiger partial charge in [-0.25, -0.2) is 9.88 Å². The molecule has 2 heterocycles. The Morgan fingerprint density at radius 1 is 0.913 bits per heavy atom. The topological polar surface area (TPSA) is 59.5 Å². The lowest BCUT2D eigenvalue weighted by Crippen LogP contribution is -2.30. The number of amides is 2. The number of anilines is 1. The number of carbonyl (C=O) groups is 2. The predicted octanol–water partition coefficient (Wildman–Crippen LogP) is 3.04. The number of carbonyl (C=O) groups excluding carboxylic acids is 2. The molecule has 0 aliphatic carbocycles. The van der Waals surface area contributed by atoms with E-state index in [-0.39, 0.29) is 11.5 Å². The molecule has 0 fully saturated rings. The van der Waals surface area contributed by atoms with Crippen LogP contribution in [0.5, 0.6) is 5.75 Å². The Bertz CT molecular complexity index is 965. The first-order chi connectivity index (χ1) is 11.2. The van der Waals surface area contributed by atoms with Crippen molar-refractivity contribution in [3.63, 3.8) is 0 Å². The van der Waals surface area contributed by atoms with Crippen molar-refractivity contribution in [2.24, 2.45) is 0 Å². The Hall–Kier alpha value is -3.21. The van der Waals surface area contributed by atoms with Gasteiger partial charge in [0.2, 0.25) is 0 Å². The maximum absolute atomic E-state index is 12.7. The summed E-state index contributed by atoms with van der Waals surface area (Å²) < 4.78 is 5.21. The number of fused-ring (bicyclic) bond motifs is 2. The summed E-state index contributed by atoms with van der Waals surface area (Å²) in [6, 6.07) is 16.1. The zero-order valence-corrected chi connectivity index (χ0v) is 12.3. The van der Waals surface area contributed by atoms with Crippen LogP contribution in [0.3, 0.4) is 0 Å². The van der Waals surface area contributed by atoms with Crippen LogP contribution in [0.1, 0.15) is 20.7 Å². The fourth-order valence-electron chi connectivity index (χ4n) is 2.81. The standard InChI is InChI=1S/C18H12N2O3/c1-23-14-8-4-6-12-16(14)18(22)20(17(12)21)15-10-9-11-5-2-3-7-13(11)19-15/h2-10H,1H3. The van der Waals surface area contributed by atoms with E-state index in [2.05, 4.69) is 4.98 Å². The molecule has 0 N–H and O–H groups in total. The number of benzene rings is 2. The van der Waals surface area contributed by atoms with E-state index in [1.54, 1.807) is 24.3 Å². The second kappa shape index (κ2) is 4.91. The van der Waals surface area contributed by atoms with Gasteiger partial charge in [0, 0.05) is 5.39 Å². The molecule has 2 amide bonds. The van der Waals surface area contributed by atoms with Crippen LogP contribution in [0.15, 0.2) is 54.6 Å². The summed E-state index contributed by atoms with van der Waals surface area (Å²) in [4.78, 5) is 30.9. The molecule has 0 unspecified atom stereocenters. The van der Waals surface area contributed by atoms with Gasteiger partial charge in [-0.2, -0.15) is 0 Å². The van der Waals surface area contributed by atoms with Gasteiger partial charge in [-0.3, -0.25) is 9.59 Å². The number of para-hydroxylation sites is 1. The van der Waals surface area contributed by atoms with Crippen molar-refractivity contribution in [1.82, 2.24) is 4.98 Å². The summed E-state index contributed by atoms with van der Waals surface area (Å²) in [6.07, 6.45) is 0. The first-order valence-corrected chi connectivity index (χ1v) is 7.12. The highest BCUT2D eigenvalue weighted by Crippen LogP contribution is 2.33. The minimum atomic E-state index is -0.412. The third-order valence-corrected chi connectivity index (χ3v) is 3.91. The van der Waals surface area contributed by atoms with Crippen LogP contribution in [0.4, 0.5) is 5.82 Å². The largest absolute Gasteiger partial charge is 0.496 e.